The Bertz CT molecular complexity index is 1200. The van der Waals surface area contributed by atoms with Crippen LogP contribution in [0.1, 0.15) is 30.2 Å². The number of nitrogens with zero attached hydrogens (tertiary/aromatic N) is 2. The zero-order valence-corrected chi connectivity index (χ0v) is 17.6. The molecule has 4 aliphatic rings. The molecule has 0 unspecified atom stereocenters. The van der Waals surface area contributed by atoms with E-state index in [1.807, 2.05) is 17.6 Å². The van der Waals surface area contributed by atoms with Crippen molar-refractivity contribution >= 4 is 0 Å². The van der Waals surface area contributed by atoms with E-state index in [9.17, 15) is 20.1 Å². The third kappa shape index (κ3) is 2.18. The van der Waals surface area contributed by atoms with Crippen molar-refractivity contribution in [3.63, 3.8) is 0 Å². The number of rotatable bonds is 2. The number of aromatic hydroxyl groups is 2. The van der Waals surface area contributed by atoms with Crippen molar-refractivity contribution in [1.82, 2.24) is 9.47 Å². The van der Waals surface area contributed by atoms with Crippen LogP contribution >= 0.6 is 0 Å². The average molecular weight is 422 g/mol. The first-order valence-electron chi connectivity index (χ1n) is 10.9. The Kier molecular flexibility index (Phi) is 3.76. The Balaban J connectivity index is 1.68. The van der Waals surface area contributed by atoms with Crippen molar-refractivity contribution in [3.8, 4) is 22.9 Å². The van der Waals surface area contributed by atoms with E-state index in [0.29, 0.717) is 17.9 Å². The van der Waals surface area contributed by atoms with Crippen molar-refractivity contribution in [2.24, 2.45) is 5.92 Å². The van der Waals surface area contributed by atoms with E-state index in [1.165, 1.54) is 6.07 Å². The second-order valence-corrected chi connectivity index (χ2v) is 9.28. The number of likely N-dealkylation sites (tertiary alicyclic amines) is 1. The average Bonchev–Trinajstić information content (AvgIpc) is 3.11. The monoisotopic (exact) mass is 422 g/mol. The van der Waals surface area contributed by atoms with Crippen LogP contribution in [-0.2, 0) is 18.3 Å². The van der Waals surface area contributed by atoms with Gasteiger partial charge in [-0.3, -0.25) is 4.79 Å². The number of ether oxygens (including phenoxy) is 1. The van der Waals surface area contributed by atoms with Gasteiger partial charge in [0.05, 0.1) is 11.4 Å². The van der Waals surface area contributed by atoms with Crippen LogP contribution in [0.25, 0.3) is 5.69 Å². The summed E-state index contributed by atoms with van der Waals surface area (Å²) in [5, 5.41) is 32.2. The molecule has 3 heterocycles. The molecule has 1 aromatic carbocycles. The summed E-state index contributed by atoms with van der Waals surface area (Å²) in [4.78, 5) is 14.4. The number of piperidine rings is 1. The Hall–Kier alpha value is -2.77. The summed E-state index contributed by atoms with van der Waals surface area (Å²) in [5.41, 5.74) is 2.52. The summed E-state index contributed by atoms with van der Waals surface area (Å²) in [7, 11) is 2.13. The molecule has 5 atom stereocenters. The number of phenolic OH excluding ortho intramolecular Hbond substituents is 1. The minimum atomic E-state index is -0.732. The normalized spacial score (nSPS) is 32.6. The largest absolute Gasteiger partial charge is 0.504 e. The fourth-order valence-electron chi connectivity index (χ4n) is 6.65. The van der Waals surface area contributed by atoms with Crippen LogP contribution in [0.2, 0.25) is 0 Å². The van der Waals surface area contributed by atoms with Gasteiger partial charge in [-0.25, -0.2) is 0 Å². The number of phenols is 1. The first-order chi connectivity index (χ1) is 14.9. The number of aliphatic hydroxyl groups excluding tert-OH is 1. The topological polar surface area (TPSA) is 95.2 Å². The van der Waals surface area contributed by atoms with Crippen LogP contribution in [0.4, 0.5) is 0 Å². The number of aromatic nitrogens is 1. The third-order valence-electron chi connectivity index (χ3n) is 8.02. The molecule has 3 N–H and O–H groups in total. The number of benzene rings is 1. The Labute approximate surface area is 179 Å². The fourth-order valence-corrected chi connectivity index (χ4v) is 6.65. The summed E-state index contributed by atoms with van der Waals surface area (Å²) < 4.78 is 8.09. The van der Waals surface area contributed by atoms with Gasteiger partial charge in [-0.2, -0.15) is 0 Å². The molecule has 1 spiro atoms. The van der Waals surface area contributed by atoms with Crippen LogP contribution in [-0.4, -0.2) is 56.6 Å². The molecule has 2 aliphatic carbocycles. The molecule has 0 amide bonds. The molecule has 0 saturated carbocycles. The number of hydrogen-bond donors (Lipinski definition) is 3. The highest BCUT2D eigenvalue weighted by Gasteiger charge is 2.64. The van der Waals surface area contributed by atoms with Crippen LogP contribution in [0.3, 0.4) is 0 Å². The van der Waals surface area contributed by atoms with Crippen LogP contribution < -0.4 is 10.2 Å². The molecular weight excluding hydrogens is 396 g/mol. The second kappa shape index (κ2) is 6.14. The lowest BCUT2D eigenvalue weighted by Crippen LogP contribution is -2.64. The van der Waals surface area contributed by atoms with Crippen LogP contribution in [0, 0.1) is 5.92 Å². The van der Waals surface area contributed by atoms with Gasteiger partial charge >= 0.3 is 0 Å². The maximum absolute atomic E-state index is 12.0. The summed E-state index contributed by atoms with van der Waals surface area (Å²) in [6, 6.07) is 3.26. The quantitative estimate of drug-likeness (QED) is 0.637. The molecule has 7 heteroatoms. The molecule has 1 fully saturated rings. The summed E-state index contributed by atoms with van der Waals surface area (Å²) in [6.45, 7) is 2.78. The fraction of sp³-hybridized carbons (Fsp3) is 0.458. The lowest BCUT2D eigenvalue weighted by molar-refractivity contribution is -0.0453. The Morgan fingerprint density at radius 3 is 2.87 bits per heavy atom. The SMILES string of the molecule is CCc1c(O)c(=O)ccn1-c1cc(O)c2c3c1C[C@@H]1[C@@H]4C=C[C@H](O)[C@H](O2)[C@]34CCN1C. The van der Waals surface area contributed by atoms with Gasteiger partial charge in [0.25, 0.3) is 0 Å². The van der Waals surface area contributed by atoms with Gasteiger partial charge in [-0.05, 0) is 38.4 Å². The smallest absolute Gasteiger partial charge is 0.223 e. The molecule has 2 aromatic rings. The molecule has 6 rings (SSSR count). The lowest BCUT2D eigenvalue weighted by atomic mass is 9.53. The maximum Gasteiger partial charge on any atom is 0.223 e. The minimum Gasteiger partial charge on any atom is -0.504 e. The summed E-state index contributed by atoms with van der Waals surface area (Å²) >= 11 is 0. The van der Waals surface area contributed by atoms with E-state index in [2.05, 4.69) is 18.0 Å². The number of pyridine rings is 1. The zero-order valence-electron chi connectivity index (χ0n) is 17.6. The number of hydrogen-bond acceptors (Lipinski definition) is 6. The van der Waals surface area contributed by atoms with Gasteiger partial charge < -0.3 is 29.5 Å². The third-order valence-corrected chi connectivity index (χ3v) is 8.02. The highest BCUT2D eigenvalue weighted by Crippen LogP contribution is 2.63. The molecule has 0 radical (unpaired) electrons. The molecule has 162 valence electrons. The maximum atomic E-state index is 12.0. The zero-order chi connectivity index (χ0) is 21.7. The molecule has 2 aliphatic heterocycles. The standard InChI is InChI=1S/C24H26N2O5/c1-3-14-21(30)17(27)6-8-26(14)15-11-19(29)22-20-12(15)10-16-13-4-5-18(28)23(31-22)24(13,20)7-9-25(16)2/h4-6,8,11,13,16,18,23,28-30H,3,7,9-10H2,1-2H3/t13-,16+,18-,23-,24-/m0/s1. The van der Waals surface area contributed by atoms with Gasteiger partial charge in [0.2, 0.25) is 5.43 Å². The molecule has 7 nitrogen and oxygen atoms in total. The van der Waals surface area contributed by atoms with E-state index in [1.54, 1.807) is 12.3 Å². The van der Waals surface area contributed by atoms with Gasteiger partial charge in [0.1, 0.15) is 12.2 Å². The summed E-state index contributed by atoms with van der Waals surface area (Å²) in [6.07, 6.45) is 6.54. The van der Waals surface area contributed by atoms with Crippen molar-refractivity contribution < 1.29 is 20.1 Å². The highest BCUT2D eigenvalue weighted by atomic mass is 16.5. The second-order valence-electron chi connectivity index (χ2n) is 9.28. The van der Waals surface area contributed by atoms with Crippen LogP contribution in [0.15, 0.2) is 35.3 Å². The first-order valence-corrected chi connectivity index (χ1v) is 10.9. The van der Waals surface area contributed by atoms with Crippen molar-refractivity contribution in [2.45, 2.75) is 49.9 Å². The number of aliphatic hydroxyl groups is 1. The van der Waals surface area contributed by atoms with Gasteiger partial charge in [0, 0.05) is 41.3 Å². The molecule has 1 aromatic heterocycles. The van der Waals surface area contributed by atoms with Gasteiger partial charge in [-0.15, -0.1) is 0 Å². The highest BCUT2D eigenvalue weighted by molar-refractivity contribution is 5.68. The summed E-state index contributed by atoms with van der Waals surface area (Å²) in [5.74, 6) is 0.437. The van der Waals surface area contributed by atoms with Crippen molar-refractivity contribution in [3.05, 3.63) is 57.5 Å². The predicted octanol–water partition coefficient (Wildman–Crippen LogP) is 1.62. The number of likely N-dealkylation sites (N-methyl/N-ethyl adjacent to an activating group) is 1. The van der Waals surface area contributed by atoms with E-state index in [4.69, 9.17) is 4.74 Å². The van der Waals surface area contributed by atoms with E-state index in [-0.39, 0.29) is 23.5 Å². The van der Waals surface area contributed by atoms with Crippen molar-refractivity contribution in [2.75, 3.05) is 13.6 Å². The van der Waals surface area contributed by atoms with Crippen molar-refractivity contribution in [1.29, 1.82) is 0 Å². The molecular formula is C24H26N2O5. The molecule has 31 heavy (non-hydrogen) atoms. The van der Waals surface area contributed by atoms with E-state index >= 15 is 0 Å². The Morgan fingerprint density at radius 2 is 2.10 bits per heavy atom. The van der Waals surface area contributed by atoms with Crippen LogP contribution in [0.5, 0.6) is 17.2 Å². The van der Waals surface area contributed by atoms with Gasteiger partial charge in [0.15, 0.2) is 17.2 Å². The molecule has 2 bridgehead atoms. The Morgan fingerprint density at radius 1 is 1.29 bits per heavy atom. The first kappa shape index (κ1) is 19.0. The minimum absolute atomic E-state index is 0.0288. The van der Waals surface area contributed by atoms with Gasteiger partial charge in [-0.1, -0.05) is 19.1 Å². The van der Waals surface area contributed by atoms with E-state index < -0.39 is 23.1 Å². The molecule has 1 saturated heterocycles. The lowest BCUT2D eigenvalue weighted by Gasteiger charge is -2.56. The van der Waals surface area contributed by atoms with E-state index in [0.717, 1.165) is 36.2 Å². The predicted molar refractivity (Wildman–Crippen MR) is 114 cm³/mol.